The molecule has 0 aliphatic rings. The quantitative estimate of drug-likeness (QED) is 0.492. The minimum Gasteiger partial charge on any atom is -0.465 e. The van der Waals surface area contributed by atoms with Gasteiger partial charge in [0.15, 0.2) is 6.29 Å². The van der Waals surface area contributed by atoms with Crippen LogP contribution in [0.4, 0.5) is 18.9 Å². The van der Waals surface area contributed by atoms with Crippen molar-refractivity contribution < 1.29 is 27.5 Å². The van der Waals surface area contributed by atoms with Crippen LogP contribution < -0.4 is 5.73 Å². The summed E-state index contributed by atoms with van der Waals surface area (Å²) in [5.41, 5.74) is 3.03. The molecule has 0 radical (unpaired) electrons. The summed E-state index contributed by atoms with van der Waals surface area (Å²) in [4.78, 5) is 21.8. The van der Waals surface area contributed by atoms with Crippen LogP contribution in [0, 0.1) is 0 Å². The first kappa shape index (κ1) is 13.0. The number of anilines is 1. The van der Waals surface area contributed by atoms with Crippen LogP contribution in [0.1, 0.15) is 26.3 Å². The Morgan fingerprint density at radius 3 is 2.41 bits per heavy atom. The Morgan fingerprint density at radius 1 is 1.41 bits per heavy atom. The van der Waals surface area contributed by atoms with E-state index < -0.39 is 28.8 Å². The number of nitrogens with two attached hydrogens (primary N) is 1. The summed E-state index contributed by atoms with van der Waals surface area (Å²) >= 11 is 0. The molecule has 0 aromatic heterocycles. The second kappa shape index (κ2) is 4.44. The van der Waals surface area contributed by atoms with Gasteiger partial charge in [-0.25, -0.2) is 4.79 Å². The number of alkyl halides is 3. The molecular formula is C10H8F3NO3. The van der Waals surface area contributed by atoms with Crippen molar-refractivity contribution >= 4 is 17.9 Å². The molecule has 0 amide bonds. The van der Waals surface area contributed by atoms with Crippen LogP contribution in [0.5, 0.6) is 0 Å². The summed E-state index contributed by atoms with van der Waals surface area (Å²) in [5, 5.41) is 0. The maximum Gasteiger partial charge on any atom is 0.416 e. The van der Waals surface area contributed by atoms with Crippen LogP contribution in [0.2, 0.25) is 0 Å². The van der Waals surface area contributed by atoms with E-state index in [4.69, 9.17) is 5.73 Å². The van der Waals surface area contributed by atoms with Gasteiger partial charge in [0.05, 0.1) is 23.9 Å². The highest BCUT2D eigenvalue weighted by Gasteiger charge is 2.33. The molecule has 0 saturated heterocycles. The largest absolute Gasteiger partial charge is 0.465 e. The summed E-state index contributed by atoms with van der Waals surface area (Å²) in [6, 6.07) is 1.13. The van der Waals surface area contributed by atoms with Crippen LogP contribution in [0.3, 0.4) is 0 Å². The molecule has 1 rings (SSSR count). The highest BCUT2D eigenvalue weighted by molar-refractivity contribution is 6.00. The molecule has 92 valence electrons. The number of benzene rings is 1. The van der Waals surface area contributed by atoms with Crippen molar-refractivity contribution in [3.05, 3.63) is 28.8 Å². The third-order valence-electron chi connectivity index (χ3n) is 2.07. The Labute approximate surface area is 94.2 Å². The number of carbonyl (C=O) groups is 2. The van der Waals surface area contributed by atoms with Crippen molar-refractivity contribution in [1.29, 1.82) is 0 Å². The number of aldehydes is 1. The molecule has 0 bridgehead atoms. The molecule has 0 heterocycles. The molecule has 7 heteroatoms. The van der Waals surface area contributed by atoms with Gasteiger partial charge >= 0.3 is 12.1 Å². The average molecular weight is 247 g/mol. The monoisotopic (exact) mass is 247 g/mol. The number of ether oxygens (including phenoxy) is 1. The van der Waals surface area contributed by atoms with Gasteiger partial charge in [-0.15, -0.1) is 0 Å². The van der Waals surface area contributed by atoms with E-state index in [-0.39, 0.29) is 12.0 Å². The van der Waals surface area contributed by atoms with Gasteiger partial charge < -0.3 is 10.5 Å². The third kappa shape index (κ3) is 2.55. The van der Waals surface area contributed by atoms with Crippen molar-refractivity contribution in [2.24, 2.45) is 0 Å². The van der Waals surface area contributed by atoms with Gasteiger partial charge in [-0.1, -0.05) is 0 Å². The number of halogens is 3. The first-order valence-corrected chi connectivity index (χ1v) is 4.35. The molecule has 0 spiro atoms. The smallest absolute Gasteiger partial charge is 0.416 e. The Kier molecular flexibility index (Phi) is 3.40. The standard InChI is InChI=1S/C10H8F3NO3/c1-17-9(16)7-3-6(10(11,12)13)2-5(4-15)8(7)14/h2-4H,14H2,1H3. The minimum atomic E-state index is -4.67. The maximum atomic E-state index is 12.5. The molecule has 2 N–H and O–H groups in total. The summed E-state index contributed by atoms with van der Waals surface area (Å²) in [6.07, 6.45) is -4.52. The highest BCUT2D eigenvalue weighted by Crippen LogP contribution is 2.32. The topological polar surface area (TPSA) is 69.4 Å². The summed E-state index contributed by atoms with van der Waals surface area (Å²) in [6.45, 7) is 0. The zero-order chi connectivity index (χ0) is 13.2. The van der Waals surface area contributed by atoms with Gasteiger partial charge in [-0.2, -0.15) is 13.2 Å². The predicted molar refractivity (Wildman–Crippen MR) is 52.6 cm³/mol. The molecule has 0 saturated carbocycles. The van der Waals surface area contributed by atoms with E-state index in [9.17, 15) is 22.8 Å². The average Bonchev–Trinajstić information content (AvgIpc) is 2.26. The van der Waals surface area contributed by atoms with Crippen molar-refractivity contribution in [3.8, 4) is 0 Å². The van der Waals surface area contributed by atoms with Crippen LogP contribution >= 0.6 is 0 Å². The second-order valence-corrected chi connectivity index (χ2v) is 3.13. The molecule has 4 nitrogen and oxygen atoms in total. The van der Waals surface area contributed by atoms with Crippen LogP contribution in [-0.4, -0.2) is 19.4 Å². The molecule has 0 fully saturated rings. The number of esters is 1. The van der Waals surface area contributed by atoms with E-state index in [1.54, 1.807) is 0 Å². The number of nitrogen functional groups attached to an aromatic ring is 1. The van der Waals surface area contributed by atoms with Crippen LogP contribution in [0.25, 0.3) is 0 Å². The van der Waals surface area contributed by atoms with E-state index in [2.05, 4.69) is 4.74 Å². The zero-order valence-electron chi connectivity index (χ0n) is 8.67. The van der Waals surface area contributed by atoms with Crippen molar-refractivity contribution in [2.75, 3.05) is 12.8 Å². The lowest BCUT2D eigenvalue weighted by Gasteiger charge is -2.11. The lowest BCUT2D eigenvalue weighted by molar-refractivity contribution is -0.137. The van der Waals surface area contributed by atoms with E-state index in [1.165, 1.54) is 0 Å². The summed E-state index contributed by atoms with van der Waals surface area (Å²) in [7, 11) is 1.00. The molecule has 0 aliphatic heterocycles. The molecule has 1 aromatic carbocycles. The Morgan fingerprint density at radius 2 is 2.00 bits per heavy atom. The molecule has 0 aliphatic carbocycles. The Bertz CT molecular complexity index is 469. The first-order valence-electron chi connectivity index (χ1n) is 4.35. The lowest BCUT2D eigenvalue weighted by Crippen LogP contribution is -2.13. The van der Waals surface area contributed by atoms with Crippen molar-refractivity contribution in [3.63, 3.8) is 0 Å². The van der Waals surface area contributed by atoms with E-state index in [0.717, 1.165) is 7.11 Å². The lowest BCUT2D eigenvalue weighted by atomic mass is 10.0. The minimum absolute atomic E-state index is 0.150. The summed E-state index contributed by atoms with van der Waals surface area (Å²) < 4.78 is 41.7. The van der Waals surface area contributed by atoms with Gasteiger partial charge in [0, 0.05) is 5.56 Å². The van der Waals surface area contributed by atoms with Crippen LogP contribution in [0.15, 0.2) is 12.1 Å². The molecular weight excluding hydrogens is 239 g/mol. The molecule has 0 atom stereocenters. The maximum absolute atomic E-state index is 12.5. The molecule has 17 heavy (non-hydrogen) atoms. The Hall–Kier alpha value is -2.05. The normalized spacial score (nSPS) is 11.1. The van der Waals surface area contributed by atoms with Crippen LogP contribution in [-0.2, 0) is 10.9 Å². The number of methoxy groups -OCH3 is 1. The fraction of sp³-hybridized carbons (Fsp3) is 0.200. The number of hydrogen-bond acceptors (Lipinski definition) is 4. The molecule has 1 aromatic rings. The van der Waals surface area contributed by atoms with Gasteiger partial charge in [0.25, 0.3) is 0 Å². The fourth-order valence-corrected chi connectivity index (χ4v) is 1.22. The number of hydrogen-bond donors (Lipinski definition) is 1. The van der Waals surface area contributed by atoms with Gasteiger partial charge in [-0.3, -0.25) is 4.79 Å². The second-order valence-electron chi connectivity index (χ2n) is 3.13. The van der Waals surface area contributed by atoms with E-state index in [1.807, 2.05) is 0 Å². The number of carbonyl (C=O) groups excluding carboxylic acids is 2. The van der Waals surface area contributed by atoms with E-state index in [0.29, 0.717) is 12.1 Å². The zero-order valence-corrected chi connectivity index (χ0v) is 8.67. The Balaban J connectivity index is 3.49. The molecule has 0 unspecified atom stereocenters. The SMILES string of the molecule is COC(=O)c1cc(C(F)(F)F)cc(C=O)c1N. The highest BCUT2D eigenvalue weighted by atomic mass is 19.4. The van der Waals surface area contributed by atoms with Gasteiger partial charge in [-0.05, 0) is 12.1 Å². The third-order valence-corrected chi connectivity index (χ3v) is 2.07. The predicted octanol–water partition coefficient (Wildman–Crippen LogP) is 1.89. The van der Waals surface area contributed by atoms with Gasteiger partial charge in [0.1, 0.15) is 0 Å². The van der Waals surface area contributed by atoms with Crippen molar-refractivity contribution in [1.82, 2.24) is 0 Å². The fourth-order valence-electron chi connectivity index (χ4n) is 1.22. The van der Waals surface area contributed by atoms with Crippen molar-refractivity contribution in [2.45, 2.75) is 6.18 Å². The summed E-state index contributed by atoms with van der Waals surface area (Å²) in [5.74, 6) is -1.03. The first-order chi connectivity index (χ1) is 7.81. The van der Waals surface area contributed by atoms with E-state index >= 15 is 0 Å². The van der Waals surface area contributed by atoms with Gasteiger partial charge in [0.2, 0.25) is 0 Å². The number of rotatable bonds is 2.